The zero-order valence-electron chi connectivity index (χ0n) is 7.38. The quantitative estimate of drug-likeness (QED) is 0.852. The minimum absolute atomic E-state index is 0.128. The van der Waals surface area contributed by atoms with E-state index in [-0.39, 0.29) is 5.75 Å². The van der Waals surface area contributed by atoms with E-state index >= 15 is 0 Å². The zero-order chi connectivity index (χ0) is 9.84. The lowest BCUT2D eigenvalue weighted by atomic mass is 10.1. The van der Waals surface area contributed by atoms with Gasteiger partial charge < -0.3 is 15.6 Å². The molecule has 0 aliphatic heterocycles. The summed E-state index contributed by atoms with van der Waals surface area (Å²) in [4.78, 5) is 0. The Morgan fingerprint density at radius 3 is 2.77 bits per heavy atom. The van der Waals surface area contributed by atoms with Crippen LogP contribution < -0.4 is 10.5 Å². The summed E-state index contributed by atoms with van der Waals surface area (Å²) in [5.41, 5.74) is 6.47. The number of phenols is 1. The highest BCUT2D eigenvalue weighted by atomic mass is 79.9. The third-order valence-electron chi connectivity index (χ3n) is 1.74. The topological polar surface area (TPSA) is 55.5 Å². The molecule has 13 heavy (non-hydrogen) atoms. The summed E-state index contributed by atoms with van der Waals surface area (Å²) in [5.74, 6) is 0.598. The van der Waals surface area contributed by atoms with Gasteiger partial charge in [-0.2, -0.15) is 0 Å². The first-order valence-corrected chi connectivity index (χ1v) is 4.73. The van der Waals surface area contributed by atoms with Gasteiger partial charge >= 0.3 is 0 Å². The second-order valence-corrected chi connectivity index (χ2v) is 3.52. The number of halogens is 1. The van der Waals surface area contributed by atoms with Gasteiger partial charge in [0, 0.05) is 0 Å². The number of ether oxygens (including phenoxy) is 1. The largest absolute Gasteiger partial charge is 0.503 e. The van der Waals surface area contributed by atoms with E-state index in [9.17, 15) is 5.11 Å². The highest BCUT2D eigenvalue weighted by Crippen LogP contribution is 2.35. The first-order valence-electron chi connectivity index (χ1n) is 3.94. The van der Waals surface area contributed by atoms with Crippen molar-refractivity contribution in [2.75, 3.05) is 13.7 Å². The molecule has 0 saturated heterocycles. The Balaban J connectivity index is 3.06. The fraction of sp³-hybridized carbons (Fsp3) is 0.333. The number of aromatic hydroxyl groups is 1. The summed E-state index contributed by atoms with van der Waals surface area (Å²) in [6.07, 6.45) is 0.773. The molecule has 0 spiro atoms. The van der Waals surface area contributed by atoms with E-state index in [4.69, 9.17) is 10.5 Å². The van der Waals surface area contributed by atoms with Gasteiger partial charge in [0.1, 0.15) is 0 Å². The first-order chi connectivity index (χ1) is 6.19. The van der Waals surface area contributed by atoms with Gasteiger partial charge in [0.05, 0.1) is 11.6 Å². The van der Waals surface area contributed by atoms with Gasteiger partial charge in [-0.25, -0.2) is 0 Å². The van der Waals surface area contributed by atoms with Gasteiger partial charge in [-0.15, -0.1) is 0 Å². The van der Waals surface area contributed by atoms with E-state index in [2.05, 4.69) is 15.9 Å². The summed E-state index contributed by atoms with van der Waals surface area (Å²) in [7, 11) is 1.52. The fourth-order valence-electron chi connectivity index (χ4n) is 1.09. The van der Waals surface area contributed by atoms with E-state index in [0.29, 0.717) is 16.8 Å². The molecule has 0 saturated carbocycles. The van der Waals surface area contributed by atoms with Crippen LogP contribution in [0.15, 0.2) is 16.6 Å². The average molecular weight is 246 g/mol. The molecule has 0 bridgehead atoms. The van der Waals surface area contributed by atoms with E-state index in [1.807, 2.05) is 6.07 Å². The van der Waals surface area contributed by atoms with Crippen molar-refractivity contribution >= 4 is 15.9 Å². The second-order valence-electron chi connectivity index (χ2n) is 2.67. The maximum absolute atomic E-state index is 9.49. The van der Waals surface area contributed by atoms with Crippen LogP contribution in [-0.4, -0.2) is 18.8 Å². The lowest BCUT2D eigenvalue weighted by Gasteiger charge is -2.07. The van der Waals surface area contributed by atoms with E-state index < -0.39 is 0 Å². The maximum Gasteiger partial charge on any atom is 0.172 e. The monoisotopic (exact) mass is 245 g/mol. The van der Waals surface area contributed by atoms with Crippen LogP contribution in [0.4, 0.5) is 0 Å². The van der Waals surface area contributed by atoms with Crippen molar-refractivity contribution in [3.8, 4) is 11.5 Å². The Hall–Kier alpha value is -0.740. The molecule has 0 fully saturated rings. The van der Waals surface area contributed by atoms with Crippen molar-refractivity contribution in [1.29, 1.82) is 0 Å². The SMILES string of the molecule is COc1cc(CCN)cc(Br)c1O. The van der Waals surface area contributed by atoms with Crippen LogP contribution in [0.5, 0.6) is 11.5 Å². The van der Waals surface area contributed by atoms with Crippen LogP contribution in [-0.2, 0) is 6.42 Å². The lowest BCUT2D eigenvalue weighted by molar-refractivity contribution is 0.371. The van der Waals surface area contributed by atoms with Crippen LogP contribution in [0.25, 0.3) is 0 Å². The number of phenolic OH excluding ortho intramolecular Hbond substituents is 1. The molecule has 1 rings (SSSR count). The maximum atomic E-state index is 9.49. The van der Waals surface area contributed by atoms with Crippen molar-refractivity contribution in [1.82, 2.24) is 0 Å². The normalized spacial score (nSPS) is 10.1. The number of nitrogens with two attached hydrogens (primary N) is 1. The zero-order valence-corrected chi connectivity index (χ0v) is 8.97. The van der Waals surface area contributed by atoms with Gasteiger partial charge in [0.2, 0.25) is 0 Å². The van der Waals surface area contributed by atoms with Crippen LogP contribution in [0.2, 0.25) is 0 Å². The third kappa shape index (κ3) is 2.35. The fourth-order valence-corrected chi connectivity index (χ4v) is 1.58. The Bertz CT molecular complexity index is 302. The molecule has 0 heterocycles. The molecule has 0 aliphatic rings. The number of benzene rings is 1. The minimum atomic E-state index is 0.128. The smallest absolute Gasteiger partial charge is 0.172 e. The molecule has 0 aromatic heterocycles. The third-order valence-corrected chi connectivity index (χ3v) is 2.35. The molecule has 1 aromatic carbocycles. The van der Waals surface area contributed by atoms with Crippen LogP contribution in [0.1, 0.15) is 5.56 Å². The van der Waals surface area contributed by atoms with Crippen molar-refractivity contribution in [3.63, 3.8) is 0 Å². The Morgan fingerprint density at radius 2 is 2.23 bits per heavy atom. The molecule has 72 valence electrons. The number of rotatable bonds is 3. The molecule has 3 N–H and O–H groups in total. The molecule has 0 aliphatic carbocycles. The number of methoxy groups -OCH3 is 1. The Labute approximate surface area is 85.6 Å². The second kappa shape index (κ2) is 4.48. The summed E-state index contributed by atoms with van der Waals surface area (Å²) in [6, 6.07) is 3.62. The van der Waals surface area contributed by atoms with Gasteiger partial charge in [-0.3, -0.25) is 0 Å². The van der Waals surface area contributed by atoms with E-state index in [1.165, 1.54) is 7.11 Å². The Kier molecular flexibility index (Phi) is 3.57. The average Bonchev–Trinajstić information content (AvgIpc) is 2.11. The molecule has 0 amide bonds. The van der Waals surface area contributed by atoms with E-state index in [0.717, 1.165) is 12.0 Å². The molecule has 0 radical (unpaired) electrons. The molecule has 0 atom stereocenters. The molecule has 3 nitrogen and oxygen atoms in total. The summed E-state index contributed by atoms with van der Waals surface area (Å²) in [6.45, 7) is 0.584. The predicted molar refractivity (Wildman–Crippen MR) is 55.1 cm³/mol. The highest BCUT2D eigenvalue weighted by Gasteiger charge is 2.07. The van der Waals surface area contributed by atoms with Gasteiger partial charge in [0.15, 0.2) is 11.5 Å². The highest BCUT2D eigenvalue weighted by molar-refractivity contribution is 9.10. The molecule has 1 aromatic rings. The van der Waals surface area contributed by atoms with Gasteiger partial charge in [-0.05, 0) is 46.6 Å². The van der Waals surface area contributed by atoms with Crippen molar-refractivity contribution in [2.24, 2.45) is 5.73 Å². The van der Waals surface area contributed by atoms with Crippen LogP contribution >= 0.6 is 15.9 Å². The van der Waals surface area contributed by atoms with Crippen molar-refractivity contribution in [3.05, 3.63) is 22.2 Å². The molecular formula is C9H12BrNO2. The minimum Gasteiger partial charge on any atom is -0.503 e. The van der Waals surface area contributed by atoms with Gasteiger partial charge in [-0.1, -0.05) is 0 Å². The van der Waals surface area contributed by atoms with E-state index in [1.54, 1.807) is 6.07 Å². The summed E-state index contributed by atoms with van der Waals surface area (Å²) >= 11 is 3.24. The first kappa shape index (κ1) is 10.3. The number of hydrogen-bond donors (Lipinski definition) is 2. The van der Waals surface area contributed by atoms with Crippen LogP contribution in [0.3, 0.4) is 0 Å². The van der Waals surface area contributed by atoms with Crippen molar-refractivity contribution < 1.29 is 9.84 Å². The number of hydrogen-bond acceptors (Lipinski definition) is 3. The van der Waals surface area contributed by atoms with Gasteiger partial charge in [0.25, 0.3) is 0 Å². The lowest BCUT2D eigenvalue weighted by Crippen LogP contribution is -2.02. The molecule has 0 unspecified atom stereocenters. The summed E-state index contributed by atoms with van der Waals surface area (Å²) in [5, 5.41) is 9.49. The van der Waals surface area contributed by atoms with Crippen molar-refractivity contribution in [2.45, 2.75) is 6.42 Å². The molecule has 4 heteroatoms. The Morgan fingerprint density at radius 1 is 1.54 bits per heavy atom. The summed E-state index contributed by atoms with van der Waals surface area (Å²) < 4.78 is 5.63. The van der Waals surface area contributed by atoms with Crippen LogP contribution in [0, 0.1) is 0 Å². The standard InChI is InChI=1S/C9H12BrNO2/c1-13-8-5-6(2-3-11)4-7(10)9(8)12/h4-5,12H,2-3,11H2,1H3. The molecular weight excluding hydrogens is 234 g/mol. The predicted octanol–water partition coefficient (Wildman–Crippen LogP) is 1.66.